The van der Waals surface area contributed by atoms with E-state index in [1.807, 2.05) is 18.5 Å². The first-order valence-corrected chi connectivity index (χ1v) is 10.9. The summed E-state index contributed by atoms with van der Waals surface area (Å²) in [7, 11) is 0. The molecule has 158 valence electrons. The van der Waals surface area contributed by atoms with Crippen molar-refractivity contribution in [2.75, 3.05) is 24.6 Å². The topological polar surface area (TPSA) is 67.6 Å². The van der Waals surface area contributed by atoms with E-state index in [1.165, 1.54) is 6.20 Å². The molecule has 2 aliphatic carbocycles. The van der Waals surface area contributed by atoms with Gasteiger partial charge >= 0.3 is 0 Å². The summed E-state index contributed by atoms with van der Waals surface area (Å²) in [5, 5.41) is 7.94. The summed E-state index contributed by atoms with van der Waals surface area (Å²) in [6.45, 7) is 6.45. The largest absolute Gasteiger partial charge is 0.477 e. The molecule has 4 aliphatic rings. The number of rotatable bonds is 0. The SMILES string of the molecule is C=C1NCC2(CC2)COc2ncc(F)cc2[C@@]23C[C@@H]2CCN3c2ccn3ncc1c3n2. The summed E-state index contributed by atoms with van der Waals surface area (Å²) in [5.74, 6) is 1.56. The van der Waals surface area contributed by atoms with Crippen molar-refractivity contribution in [2.24, 2.45) is 11.3 Å². The highest BCUT2D eigenvalue weighted by Gasteiger charge is 2.65. The lowest BCUT2D eigenvalue weighted by atomic mass is 10.0. The fourth-order valence-corrected chi connectivity index (χ4v) is 5.50. The second kappa shape index (κ2) is 5.75. The molecule has 8 heteroatoms. The molecule has 0 unspecified atom stereocenters. The Balaban J connectivity index is 1.43. The summed E-state index contributed by atoms with van der Waals surface area (Å²) in [4.78, 5) is 11.7. The minimum absolute atomic E-state index is 0.0535. The first-order chi connectivity index (χ1) is 15.1. The van der Waals surface area contributed by atoms with Crippen LogP contribution in [0.25, 0.3) is 11.3 Å². The van der Waals surface area contributed by atoms with Gasteiger partial charge in [0.05, 0.1) is 30.1 Å². The van der Waals surface area contributed by atoms with Gasteiger partial charge in [0, 0.05) is 36.0 Å². The normalized spacial score (nSPS) is 27.8. The van der Waals surface area contributed by atoms with Crippen LogP contribution in [0.2, 0.25) is 0 Å². The van der Waals surface area contributed by atoms with Gasteiger partial charge < -0.3 is 15.0 Å². The van der Waals surface area contributed by atoms with Crippen LogP contribution in [0.3, 0.4) is 0 Å². The van der Waals surface area contributed by atoms with Crippen molar-refractivity contribution in [3.63, 3.8) is 0 Å². The van der Waals surface area contributed by atoms with Gasteiger partial charge in [-0.2, -0.15) is 5.10 Å². The predicted molar refractivity (Wildman–Crippen MR) is 113 cm³/mol. The lowest BCUT2D eigenvalue weighted by Crippen LogP contribution is -2.35. The average Bonchev–Trinajstić information content (AvgIpc) is 3.63. The molecule has 0 amide bonds. The number of fused-ring (bicyclic) bond motifs is 3. The summed E-state index contributed by atoms with van der Waals surface area (Å²) in [6.07, 6.45) is 9.20. The van der Waals surface area contributed by atoms with Crippen molar-refractivity contribution >= 4 is 17.2 Å². The van der Waals surface area contributed by atoms with Crippen molar-refractivity contribution in [2.45, 2.75) is 31.2 Å². The molecule has 5 heterocycles. The average molecular weight is 418 g/mol. The van der Waals surface area contributed by atoms with E-state index in [2.05, 4.69) is 26.9 Å². The van der Waals surface area contributed by atoms with E-state index in [1.54, 1.807) is 10.6 Å². The molecule has 0 radical (unpaired) electrons. The Hall–Kier alpha value is -3.16. The number of piperidine rings is 1. The number of hydrogen-bond donors (Lipinski definition) is 1. The van der Waals surface area contributed by atoms with Crippen LogP contribution < -0.4 is 15.0 Å². The maximum atomic E-state index is 14.4. The van der Waals surface area contributed by atoms with Gasteiger partial charge in [0.2, 0.25) is 5.88 Å². The minimum Gasteiger partial charge on any atom is -0.477 e. The van der Waals surface area contributed by atoms with Gasteiger partial charge in [0.15, 0.2) is 5.65 Å². The number of nitrogens with zero attached hydrogens (tertiary/aromatic N) is 5. The molecule has 7 nitrogen and oxygen atoms in total. The van der Waals surface area contributed by atoms with Crippen LogP contribution in [-0.4, -0.2) is 39.3 Å². The molecule has 2 saturated carbocycles. The van der Waals surface area contributed by atoms with Crippen LogP contribution >= 0.6 is 0 Å². The molecule has 2 bridgehead atoms. The van der Waals surface area contributed by atoms with Gasteiger partial charge in [-0.25, -0.2) is 18.9 Å². The van der Waals surface area contributed by atoms with Gasteiger partial charge in [-0.05, 0) is 43.7 Å². The summed E-state index contributed by atoms with van der Waals surface area (Å²) >= 11 is 0. The monoisotopic (exact) mass is 418 g/mol. The molecule has 1 N–H and O–H groups in total. The third kappa shape index (κ3) is 2.41. The van der Waals surface area contributed by atoms with Gasteiger partial charge in [-0.15, -0.1) is 0 Å². The zero-order chi connectivity index (χ0) is 20.8. The summed E-state index contributed by atoms with van der Waals surface area (Å²) in [6, 6.07) is 3.61. The van der Waals surface area contributed by atoms with Crippen LogP contribution in [0.5, 0.6) is 5.88 Å². The number of pyridine rings is 1. The lowest BCUT2D eigenvalue weighted by Gasteiger charge is -2.31. The minimum atomic E-state index is -0.323. The Morgan fingerprint density at radius 2 is 2.19 bits per heavy atom. The standard InChI is InChI=1S/C23H23FN6O/c1-14-17-11-27-30-7-3-19(28-20(17)30)29-6-2-15-9-23(15,29)18-8-16(24)10-25-21(18)31-13-22(4-5-22)12-26-14/h3,7-8,10-11,15,26H,1-2,4-6,9,12-13H2/t15-,23+/m0/s1. The number of ether oxygens (including phenoxy) is 1. The molecule has 7 rings (SSSR count). The quantitative estimate of drug-likeness (QED) is 0.605. The Kier molecular flexibility index (Phi) is 3.25. The van der Waals surface area contributed by atoms with Gasteiger partial charge in [-0.1, -0.05) is 6.58 Å². The van der Waals surface area contributed by atoms with Crippen molar-refractivity contribution in [3.8, 4) is 5.88 Å². The number of anilines is 1. The molecular formula is C23H23FN6O. The third-order valence-electron chi connectivity index (χ3n) is 7.64. The summed E-state index contributed by atoms with van der Waals surface area (Å²) in [5.41, 5.74) is 3.12. The molecule has 31 heavy (non-hydrogen) atoms. The molecule has 3 aromatic heterocycles. The Labute approximate surface area is 178 Å². The van der Waals surface area contributed by atoms with E-state index in [9.17, 15) is 4.39 Å². The smallest absolute Gasteiger partial charge is 0.219 e. The highest BCUT2D eigenvalue weighted by atomic mass is 19.1. The fourth-order valence-electron chi connectivity index (χ4n) is 5.50. The molecule has 3 aromatic rings. The Bertz CT molecular complexity index is 1250. The highest BCUT2D eigenvalue weighted by molar-refractivity contribution is 5.74. The molecular weight excluding hydrogens is 395 g/mol. The fraction of sp³-hybridized carbons (Fsp3) is 0.435. The number of halogens is 1. The zero-order valence-electron chi connectivity index (χ0n) is 17.1. The van der Waals surface area contributed by atoms with Crippen molar-refractivity contribution < 1.29 is 9.13 Å². The molecule has 2 aliphatic heterocycles. The lowest BCUT2D eigenvalue weighted by molar-refractivity contribution is 0.222. The van der Waals surface area contributed by atoms with Crippen molar-refractivity contribution in [3.05, 3.63) is 54.2 Å². The van der Waals surface area contributed by atoms with E-state index in [0.717, 1.165) is 67.1 Å². The highest BCUT2D eigenvalue weighted by Crippen LogP contribution is 2.64. The second-order valence-corrected chi connectivity index (χ2v) is 9.50. The second-order valence-electron chi connectivity index (χ2n) is 9.50. The molecule has 2 atom stereocenters. The van der Waals surface area contributed by atoms with Crippen LogP contribution in [0.1, 0.15) is 36.8 Å². The van der Waals surface area contributed by atoms with E-state index >= 15 is 0 Å². The van der Waals surface area contributed by atoms with E-state index in [0.29, 0.717) is 18.4 Å². The van der Waals surface area contributed by atoms with Crippen LogP contribution in [0.4, 0.5) is 10.2 Å². The summed E-state index contributed by atoms with van der Waals surface area (Å²) < 4.78 is 22.4. The zero-order valence-corrected chi connectivity index (χ0v) is 17.1. The first-order valence-electron chi connectivity index (χ1n) is 10.9. The Morgan fingerprint density at radius 3 is 3.03 bits per heavy atom. The maximum absolute atomic E-state index is 14.4. The van der Waals surface area contributed by atoms with Gasteiger partial charge in [0.1, 0.15) is 11.6 Å². The molecule has 2 spiro atoms. The Morgan fingerprint density at radius 1 is 1.29 bits per heavy atom. The van der Waals surface area contributed by atoms with Crippen LogP contribution in [-0.2, 0) is 5.54 Å². The van der Waals surface area contributed by atoms with Gasteiger partial charge in [0.25, 0.3) is 0 Å². The number of aromatic nitrogens is 4. The molecule has 3 fully saturated rings. The van der Waals surface area contributed by atoms with E-state index in [-0.39, 0.29) is 16.8 Å². The van der Waals surface area contributed by atoms with Crippen LogP contribution in [0, 0.1) is 17.2 Å². The number of hydrogen-bond acceptors (Lipinski definition) is 6. The van der Waals surface area contributed by atoms with E-state index in [4.69, 9.17) is 9.72 Å². The molecule has 0 aromatic carbocycles. The predicted octanol–water partition coefficient (Wildman–Crippen LogP) is 3.12. The van der Waals surface area contributed by atoms with Crippen molar-refractivity contribution in [1.29, 1.82) is 0 Å². The first kappa shape index (κ1) is 17.5. The van der Waals surface area contributed by atoms with Crippen LogP contribution in [0.15, 0.2) is 37.3 Å². The third-order valence-corrected chi connectivity index (χ3v) is 7.64. The van der Waals surface area contributed by atoms with Gasteiger partial charge in [-0.3, -0.25) is 0 Å². The van der Waals surface area contributed by atoms with Crippen molar-refractivity contribution in [1.82, 2.24) is 24.9 Å². The van der Waals surface area contributed by atoms with E-state index < -0.39 is 0 Å². The maximum Gasteiger partial charge on any atom is 0.219 e. The number of nitrogens with one attached hydrogen (secondary N) is 1. The molecule has 1 saturated heterocycles.